The Labute approximate surface area is 117 Å². The Hall–Kier alpha value is -2.67. The van der Waals surface area contributed by atoms with Gasteiger partial charge in [-0.25, -0.2) is 0 Å². The molecular weight excluding hydrogens is 252 g/mol. The summed E-state index contributed by atoms with van der Waals surface area (Å²) in [4.78, 5) is 0. The van der Waals surface area contributed by atoms with Crippen LogP contribution in [0.25, 0.3) is 0 Å². The summed E-state index contributed by atoms with van der Waals surface area (Å²) in [5, 5.41) is 12.2. The number of anilines is 1. The Bertz CT molecular complexity index is 659. The van der Waals surface area contributed by atoms with Gasteiger partial charge < -0.3 is 14.8 Å². The first-order chi connectivity index (χ1) is 9.76. The first-order valence-electron chi connectivity index (χ1n) is 6.42. The molecule has 20 heavy (non-hydrogen) atoms. The minimum absolute atomic E-state index is 0.142. The van der Waals surface area contributed by atoms with E-state index in [0.29, 0.717) is 5.56 Å². The molecule has 0 amide bonds. The highest BCUT2D eigenvalue weighted by atomic mass is 16.7. The van der Waals surface area contributed by atoms with Crippen molar-refractivity contribution in [3.05, 3.63) is 53.6 Å². The first kappa shape index (κ1) is 12.4. The number of nitrogens with one attached hydrogen (secondary N) is 1. The Kier molecular flexibility index (Phi) is 3.18. The van der Waals surface area contributed by atoms with Gasteiger partial charge in [0.15, 0.2) is 11.5 Å². The summed E-state index contributed by atoms with van der Waals surface area (Å²) in [6, 6.07) is 15.6. The minimum Gasteiger partial charge on any atom is -0.454 e. The molecule has 4 nitrogen and oxygen atoms in total. The van der Waals surface area contributed by atoms with E-state index in [1.807, 2.05) is 42.5 Å². The monoisotopic (exact) mass is 266 g/mol. The number of hydrogen-bond acceptors (Lipinski definition) is 4. The molecule has 1 heterocycles. The lowest BCUT2D eigenvalue weighted by Gasteiger charge is -2.16. The Morgan fingerprint density at radius 1 is 1.10 bits per heavy atom. The van der Waals surface area contributed by atoms with Gasteiger partial charge >= 0.3 is 0 Å². The molecular formula is C16H14N2O2. The van der Waals surface area contributed by atoms with Crippen LogP contribution in [0.1, 0.15) is 24.1 Å². The SMILES string of the molecule is CC(Nc1ccc2c(c1)OCO2)c1ccc(C#N)cc1. The smallest absolute Gasteiger partial charge is 0.231 e. The fourth-order valence-electron chi connectivity index (χ4n) is 2.17. The van der Waals surface area contributed by atoms with Gasteiger partial charge in [0.05, 0.1) is 11.6 Å². The molecule has 1 atom stereocenters. The van der Waals surface area contributed by atoms with Crippen LogP contribution in [-0.4, -0.2) is 6.79 Å². The van der Waals surface area contributed by atoms with Crippen molar-refractivity contribution in [1.29, 1.82) is 5.26 Å². The number of nitriles is 1. The predicted molar refractivity (Wildman–Crippen MR) is 75.8 cm³/mol. The number of hydrogen-bond donors (Lipinski definition) is 1. The van der Waals surface area contributed by atoms with E-state index < -0.39 is 0 Å². The average Bonchev–Trinajstić information content (AvgIpc) is 2.95. The van der Waals surface area contributed by atoms with Crippen LogP contribution in [0, 0.1) is 11.3 Å². The summed E-state index contributed by atoms with van der Waals surface area (Å²) < 4.78 is 10.6. The normalized spacial score (nSPS) is 13.6. The van der Waals surface area contributed by atoms with Gasteiger partial charge in [-0.1, -0.05) is 12.1 Å². The van der Waals surface area contributed by atoms with E-state index in [2.05, 4.69) is 18.3 Å². The van der Waals surface area contributed by atoms with Gasteiger partial charge in [-0.2, -0.15) is 5.26 Å². The molecule has 0 bridgehead atoms. The lowest BCUT2D eigenvalue weighted by atomic mass is 10.1. The molecule has 0 fully saturated rings. The minimum atomic E-state index is 0.142. The number of nitrogens with zero attached hydrogens (tertiary/aromatic N) is 1. The molecule has 1 N–H and O–H groups in total. The maximum absolute atomic E-state index is 8.80. The highest BCUT2D eigenvalue weighted by Gasteiger charge is 2.14. The van der Waals surface area contributed by atoms with Crippen LogP contribution in [-0.2, 0) is 0 Å². The van der Waals surface area contributed by atoms with E-state index in [4.69, 9.17) is 14.7 Å². The van der Waals surface area contributed by atoms with Crippen molar-refractivity contribution in [3.63, 3.8) is 0 Å². The predicted octanol–water partition coefficient (Wildman–Crippen LogP) is 3.46. The Morgan fingerprint density at radius 2 is 1.85 bits per heavy atom. The van der Waals surface area contributed by atoms with E-state index >= 15 is 0 Å². The summed E-state index contributed by atoms with van der Waals surface area (Å²) >= 11 is 0. The Balaban J connectivity index is 1.75. The second kappa shape index (κ2) is 5.14. The molecule has 0 radical (unpaired) electrons. The van der Waals surface area contributed by atoms with Gasteiger partial charge in [0, 0.05) is 17.8 Å². The third kappa shape index (κ3) is 2.39. The van der Waals surface area contributed by atoms with Crippen LogP contribution in [0.15, 0.2) is 42.5 Å². The zero-order valence-corrected chi connectivity index (χ0v) is 11.1. The Morgan fingerprint density at radius 3 is 2.60 bits per heavy atom. The average molecular weight is 266 g/mol. The maximum atomic E-state index is 8.80. The summed E-state index contributed by atoms with van der Waals surface area (Å²) in [5.74, 6) is 1.55. The number of rotatable bonds is 3. The second-order valence-electron chi connectivity index (χ2n) is 4.67. The van der Waals surface area contributed by atoms with Gasteiger partial charge in [0.1, 0.15) is 0 Å². The van der Waals surface area contributed by atoms with Crippen molar-refractivity contribution in [2.45, 2.75) is 13.0 Å². The van der Waals surface area contributed by atoms with Crippen LogP contribution in [0.5, 0.6) is 11.5 Å². The van der Waals surface area contributed by atoms with Crippen molar-refractivity contribution in [2.75, 3.05) is 12.1 Å². The second-order valence-corrected chi connectivity index (χ2v) is 4.67. The number of ether oxygens (including phenoxy) is 2. The number of benzene rings is 2. The van der Waals surface area contributed by atoms with Crippen molar-refractivity contribution >= 4 is 5.69 Å². The molecule has 1 unspecified atom stereocenters. The molecule has 0 spiro atoms. The molecule has 3 rings (SSSR count). The van der Waals surface area contributed by atoms with E-state index in [1.54, 1.807) is 0 Å². The maximum Gasteiger partial charge on any atom is 0.231 e. The molecule has 1 aliphatic rings. The fourth-order valence-corrected chi connectivity index (χ4v) is 2.17. The molecule has 2 aromatic carbocycles. The third-order valence-electron chi connectivity index (χ3n) is 3.30. The van der Waals surface area contributed by atoms with E-state index in [0.717, 1.165) is 22.7 Å². The number of fused-ring (bicyclic) bond motifs is 1. The van der Waals surface area contributed by atoms with Crippen LogP contribution in [0.4, 0.5) is 5.69 Å². The first-order valence-corrected chi connectivity index (χ1v) is 6.42. The zero-order chi connectivity index (χ0) is 13.9. The van der Waals surface area contributed by atoms with Gasteiger partial charge in [-0.05, 0) is 36.8 Å². The van der Waals surface area contributed by atoms with Crippen LogP contribution in [0.2, 0.25) is 0 Å². The van der Waals surface area contributed by atoms with Gasteiger partial charge in [-0.15, -0.1) is 0 Å². The van der Waals surface area contributed by atoms with E-state index in [-0.39, 0.29) is 12.8 Å². The van der Waals surface area contributed by atoms with Crippen molar-refractivity contribution < 1.29 is 9.47 Å². The molecule has 1 aliphatic heterocycles. The summed E-state index contributed by atoms with van der Waals surface area (Å²) in [6.07, 6.45) is 0. The van der Waals surface area contributed by atoms with E-state index in [1.165, 1.54) is 0 Å². The van der Waals surface area contributed by atoms with Gasteiger partial charge in [0.2, 0.25) is 6.79 Å². The zero-order valence-electron chi connectivity index (χ0n) is 11.1. The van der Waals surface area contributed by atoms with Gasteiger partial charge in [-0.3, -0.25) is 0 Å². The fraction of sp³-hybridized carbons (Fsp3) is 0.188. The van der Waals surface area contributed by atoms with Crippen LogP contribution >= 0.6 is 0 Å². The lowest BCUT2D eigenvalue weighted by Crippen LogP contribution is -2.06. The standard InChI is InChI=1S/C16H14N2O2/c1-11(13-4-2-12(9-17)3-5-13)18-14-6-7-15-16(8-14)20-10-19-15/h2-8,11,18H,10H2,1H3. The van der Waals surface area contributed by atoms with Crippen molar-refractivity contribution in [3.8, 4) is 17.6 Å². The molecule has 0 saturated carbocycles. The lowest BCUT2D eigenvalue weighted by molar-refractivity contribution is 0.174. The summed E-state index contributed by atoms with van der Waals surface area (Å²) in [7, 11) is 0. The molecule has 100 valence electrons. The van der Waals surface area contributed by atoms with Crippen molar-refractivity contribution in [1.82, 2.24) is 0 Å². The van der Waals surface area contributed by atoms with Crippen LogP contribution in [0.3, 0.4) is 0 Å². The largest absolute Gasteiger partial charge is 0.454 e. The van der Waals surface area contributed by atoms with Crippen LogP contribution < -0.4 is 14.8 Å². The molecule has 4 heteroatoms. The quantitative estimate of drug-likeness (QED) is 0.924. The third-order valence-corrected chi connectivity index (χ3v) is 3.30. The highest BCUT2D eigenvalue weighted by Crippen LogP contribution is 2.35. The molecule has 2 aromatic rings. The highest BCUT2D eigenvalue weighted by molar-refractivity contribution is 5.56. The van der Waals surface area contributed by atoms with E-state index in [9.17, 15) is 0 Å². The molecule has 0 saturated heterocycles. The molecule has 0 aromatic heterocycles. The molecule has 0 aliphatic carbocycles. The summed E-state index contributed by atoms with van der Waals surface area (Å²) in [6.45, 7) is 2.36. The summed E-state index contributed by atoms with van der Waals surface area (Å²) in [5.41, 5.74) is 2.77. The topological polar surface area (TPSA) is 54.3 Å². The van der Waals surface area contributed by atoms with Gasteiger partial charge in [0.25, 0.3) is 0 Å². The van der Waals surface area contributed by atoms with Crippen molar-refractivity contribution in [2.24, 2.45) is 0 Å².